The number of para-hydroxylation sites is 1. The van der Waals surface area contributed by atoms with E-state index in [1.165, 1.54) is 35.1 Å². The van der Waals surface area contributed by atoms with E-state index in [1.54, 1.807) is 38.1 Å². The minimum Gasteiger partial charge on any atom is -0.493 e. The molecule has 1 atom stereocenters. The number of carbonyl (C=O) groups is 1. The number of esters is 1. The SMILES string of the molecule is CCCOc1ccccc1[C@@H]1C(C(=O)OC)=C(C)N=c2s/c(=C/c3ccc(-c4ccc([N+](=O)[O-])cc4C)o3)c(=O)n21. The Morgan fingerprint density at radius 1 is 1.20 bits per heavy atom. The molecule has 1 aliphatic rings. The van der Waals surface area contributed by atoms with Crippen LogP contribution in [0.25, 0.3) is 17.4 Å². The van der Waals surface area contributed by atoms with Crippen LogP contribution < -0.4 is 19.6 Å². The highest BCUT2D eigenvalue weighted by molar-refractivity contribution is 7.07. The molecule has 1 aliphatic heterocycles. The van der Waals surface area contributed by atoms with Crippen LogP contribution in [0.15, 0.2) is 80.1 Å². The Balaban J connectivity index is 1.63. The highest BCUT2D eigenvalue weighted by Crippen LogP contribution is 2.36. The number of rotatable bonds is 8. The number of non-ortho nitro benzene ring substituents is 1. The van der Waals surface area contributed by atoms with Gasteiger partial charge >= 0.3 is 5.97 Å². The van der Waals surface area contributed by atoms with Gasteiger partial charge in [-0.15, -0.1) is 0 Å². The van der Waals surface area contributed by atoms with E-state index in [-0.39, 0.29) is 16.8 Å². The number of furan rings is 1. The van der Waals surface area contributed by atoms with Crippen molar-refractivity contribution in [3.8, 4) is 17.1 Å². The topological polar surface area (TPSA) is 126 Å². The standard InChI is InChI=1S/C30H27N3O7S/c1-5-14-39-23-9-7-6-8-22(23)27-26(29(35)38-4)18(3)31-30-32(27)28(34)25(41-30)16-20-11-13-24(40-20)21-12-10-19(33(36)37)15-17(21)2/h6-13,15-16,27H,5,14H2,1-4H3/b25-16+/t27-/m1/s1. The van der Waals surface area contributed by atoms with E-state index in [1.807, 2.05) is 31.2 Å². The normalized spacial score (nSPS) is 14.9. The quantitative estimate of drug-likeness (QED) is 0.170. The van der Waals surface area contributed by atoms with Crippen LogP contribution in [-0.2, 0) is 9.53 Å². The second-order valence-corrected chi connectivity index (χ2v) is 10.4. The summed E-state index contributed by atoms with van der Waals surface area (Å²) < 4.78 is 19.0. The molecule has 0 saturated heterocycles. The van der Waals surface area contributed by atoms with Gasteiger partial charge in [0.05, 0.1) is 34.4 Å². The first kappa shape index (κ1) is 27.8. The molecule has 0 N–H and O–H groups in total. The molecule has 11 heteroatoms. The second-order valence-electron chi connectivity index (χ2n) is 9.42. The lowest BCUT2D eigenvalue weighted by molar-refractivity contribution is -0.384. The van der Waals surface area contributed by atoms with Crippen LogP contribution in [-0.4, -0.2) is 29.2 Å². The number of carbonyl (C=O) groups excluding carboxylic acids is 1. The number of thiazole rings is 1. The summed E-state index contributed by atoms with van der Waals surface area (Å²) >= 11 is 1.18. The van der Waals surface area contributed by atoms with E-state index in [2.05, 4.69) is 4.99 Å². The summed E-state index contributed by atoms with van der Waals surface area (Å²) in [5.74, 6) is 0.930. The van der Waals surface area contributed by atoms with Crippen molar-refractivity contribution in [1.29, 1.82) is 0 Å². The second kappa shape index (κ2) is 11.4. The molecule has 0 spiro atoms. The number of allylic oxidation sites excluding steroid dienone is 1. The molecule has 0 bridgehead atoms. The number of nitrogens with zero attached hydrogens (tertiary/aromatic N) is 3. The van der Waals surface area contributed by atoms with Crippen molar-refractivity contribution in [2.24, 2.45) is 4.99 Å². The van der Waals surface area contributed by atoms with E-state index < -0.39 is 16.9 Å². The molecule has 0 aliphatic carbocycles. The predicted molar refractivity (Wildman–Crippen MR) is 154 cm³/mol. The summed E-state index contributed by atoms with van der Waals surface area (Å²) in [5, 5.41) is 11.1. The van der Waals surface area contributed by atoms with Crippen molar-refractivity contribution in [2.45, 2.75) is 33.2 Å². The Morgan fingerprint density at radius 2 is 1.98 bits per heavy atom. The van der Waals surface area contributed by atoms with Gasteiger partial charge in [-0.25, -0.2) is 9.79 Å². The Labute approximate surface area is 238 Å². The van der Waals surface area contributed by atoms with E-state index in [0.29, 0.717) is 55.6 Å². The highest BCUT2D eigenvalue weighted by Gasteiger charge is 2.34. The third kappa shape index (κ3) is 5.23. The smallest absolute Gasteiger partial charge is 0.338 e. The van der Waals surface area contributed by atoms with Crippen LogP contribution in [0.4, 0.5) is 5.69 Å². The predicted octanol–water partition coefficient (Wildman–Crippen LogP) is 4.67. The summed E-state index contributed by atoms with van der Waals surface area (Å²) in [5.41, 5.74) is 2.41. The number of benzene rings is 2. The number of aromatic nitrogens is 1. The van der Waals surface area contributed by atoms with Gasteiger partial charge in [0, 0.05) is 29.3 Å². The molecule has 3 heterocycles. The lowest BCUT2D eigenvalue weighted by Gasteiger charge is -2.26. The Morgan fingerprint density at radius 3 is 2.68 bits per heavy atom. The number of hydrogen-bond donors (Lipinski definition) is 0. The minimum atomic E-state index is -0.802. The fraction of sp³-hybridized carbons (Fsp3) is 0.233. The zero-order chi connectivity index (χ0) is 29.3. The molecule has 0 amide bonds. The van der Waals surface area contributed by atoms with Crippen LogP contribution in [0.2, 0.25) is 0 Å². The van der Waals surface area contributed by atoms with Gasteiger partial charge in [0.15, 0.2) is 4.80 Å². The van der Waals surface area contributed by atoms with E-state index in [0.717, 1.165) is 6.42 Å². The van der Waals surface area contributed by atoms with Gasteiger partial charge in [-0.2, -0.15) is 0 Å². The molecule has 0 unspecified atom stereocenters. The molecule has 2 aromatic carbocycles. The van der Waals surface area contributed by atoms with Gasteiger partial charge in [0.2, 0.25) is 0 Å². The van der Waals surface area contributed by atoms with Crippen molar-refractivity contribution < 1.29 is 23.6 Å². The van der Waals surface area contributed by atoms with Crippen LogP contribution in [0, 0.1) is 17.0 Å². The number of aryl methyl sites for hydroxylation is 1. The number of fused-ring (bicyclic) bond motifs is 1. The molecule has 0 radical (unpaired) electrons. The zero-order valence-electron chi connectivity index (χ0n) is 22.9. The maximum absolute atomic E-state index is 13.9. The number of hydrogen-bond acceptors (Lipinski definition) is 9. The number of nitro groups is 1. The highest BCUT2D eigenvalue weighted by atomic mass is 32.1. The van der Waals surface area contributed by atoms with Crippen molar-refractivity contribution >= 4 is 29.1 Å². The number of nitro benzene ring substituents is 1. The van der Waals surface area contributed by atoms with Gasteiger partial charge in [0.25, 0.3) is 11.2 Å². The number of ether oxygens (including phenoxy) is 2. The van der Waals surface area contributed by atoms with Crippen LogP contribution in [0.5, 0.6) is 5.75 Å². The molecule has 2 aromatic heterocycles. The van der Waals surface area contributed by atoms with Crippen molar-refractivity contribution in [2.75, 3.05) is 13.7 Å². The lowest BCUT2D eigenvalue weighted by Crippen LogP contribution is -2.40. The van der Waals surface area contributed by atoms with Crippen LogP contribution in [0.3, 0.4) is 0 Å². The first-order valence-electron chi connectivity index (χ1n) is 12.9. The average Bonchev–Trinajstić information content (AvgIpc) is 3.54. The fourth-order valence-corrected chi connectivity index (χ4v) is 5.81. The van der Waals surface area contributed by atoms with Crippen molar-refractivity contribution in [3.63, 3.8) is 0 Å². The van der Waals surface area contributed by atoms with Crippen molar-refractivity contribution in [3.05, 3.63) is 113 Å². The van der Waals surface area contributed by atoms with Gasteiger partial charge in [-0.1, -0.05) is 36.5 Å². The summed E-state index contributed by atoms with van der Waals surface area (Å²) in [7, 11) is 1.30. The van der Waals surface area contributed by atoms with Gasteiger partial charge < -0.3 is 13.9 Å². The zero-order valence-corrected chi connectivity index (χ0v) is 23.7. The summed E-state index contributed by atoms with van der Waals surface area (Å²) in [6.45, 7) is 5.96. The monoisotopic (exact) mass is 573 g/mol. The van der Waals surface area contributed by atoms with Gasteiger partial charge in [-0.3, -0.25) is 19.5 Å². The molecule has 10 nitrogen and oxygen atoms in total. The van der Waals surface area contributed by atoms with E-state index >= 15 is 0 Å². The Bertz CT molecular complexity index is 1880. The fourth-order valence-electron chi connectivity index (χ4n) is 4.78. The van der Waals surface area contributed by atoms with E-state index in [4.69, 9.17) is 13.9 Å². The molecular weight excluding hydrogens is 546 g/mol. The third-order valence-corrected chi connectivity index (χ3v) is 7.67. The van der Waals surface area contributed by atoms with E-state index in [9.17, 15) is 19.7 Å². The average molecular weight is 574 g/mol. The largest absolute Gasteiger partial charge is 0.493 e. The van der Waals surface area contributed by atoms with Crippen LogP contribution >= 0.6 is 11.3 Å². The molecule has 41 heavy (non-hydrogen) atoms. The molecule has 4 aromatic rings. The molecule has 0 saturated carbocycles. The third-order valence-electron chi connectivity index (χ3n) is 6.69. The summed E-state index contributed by atoms with van der Waals surface area (Å²) in [6, 6.07) is 14.5. The molecule has 0 fully saturated rings. The number of methoxy groups -OCH3 is 1. The minimum absolute atomic E-state index is 0.00280. The maximum Gasteiger partial charge on any atom is 0.338 e. The molecule has 210 valence electrons. The Kier molecular flexibility index (Phi) is 7.71. The summed E-state index contributed by atoms with van der Waals surface area (Å²) in [6.07, 6.45) is 2.42. The lowest BCUT2D eigenvalue weighted by atomic mass is 9.95. The molecular formula is C30H27N3O7S. The van der Waals surface area contributed by atoms with Gasteiger partial charge in [-0.05, 0) is 50.1 Å². The van der Waals surface area contributed by atoms with Gasteiger partial charge in [0.1, 0.15) is 23.3 Å². The summed E-state index contributed by atoms with van der Waals surface area (Å²) in [4.78, 5) is 42.5. The first-order chi connectivity index (χ1) is 19.7. The Hall–Kier alpha value is -4.77. The maximum atomic E-state index is 13.9. The van der Waals surface area contributed by atoms with Crippen molar-refractivity contribution in [1.82, 2.24) is 4.57 Å². The first-order valence-corrected chi connectivity index (χ1v) is 13.7. The van der Waals surface area contributed by atoms with Crippen LogP contribution in [0.1, 0.15) is 43.2 Å². The molecule has 5 rings (SSSR count).